The average molecular weight is 543 g/mol. The summed E-state index contributed by atoms with van der Waals surface area (Å²) in [7, 11) is -2.08. The van der Waals surface area contributed by atoms with Gasteiger partial charge in [0.15, 0.2) is 8.32 Å². The zero-order valence-corrected chi connectivity index (χ0v) is 25.8. The summed E-state index contributed by atoms with van der Waals surface area (Å²) in [6.07, 6.45) is 2.26. The minimum Gasteiger partial charge on any atom is -0.461 e. The number of hydrogen-bond acceptors (Lipinski definition) is 5. The van der Waals surface area contributed by atoms with Gasteiger partial charge in [0.1, 0.15) is 18.9 Å². The van der Waals surface area contributed by atoms with Crippen molar-refractivity contribution in [2.45, 2.75) is 92.3 Å². The predicted octanol–water partition coefficient (Wildman–Crippen LogP) is 7.68. The van der Waals surface area contributed by atoms with Gasteiger partial charge in [-0.25, -0.2) is 0 Å². The first-order chi connectivity index (χ1) is 17.5. The van der Waals surface area contributed by atoms with E-state index in [0.29, 0.717) is 18.8 Å². The van der Waals surface area contributed by atoms with Gasteiger partial charge < -0.3 is 18.8 Å². The average Bonchev–Trinajstić information content (AvgIpc) is 3.20. The normalized spacial score (nSPS) is 15.6. The Kier molecular flexibility index (Phi) is 10.1. The number of esters is 1. The SMILES string of the molecule is C/C=C(\COC(=O)C(C)(C)C)[C@@H](CCN=[N+]=[N-])[C@](C)(O)c1cc2ccccc2n1CO[Si](C)(C)C(C)(C)C. The lowest BCUT2D eigenvalue weighted by atomic mass is 9.78. The van der Waals surface area contributed by atoms with Crippen molar-refractivity contribution in [1.29, 1.82) is 0 Å². The fourth-order valence-corrected chi connectivity index (χ4v) is 5.08. The van der Waals surface area contributed by atoms with E-state index in [2.05, 4.69) is 43.9 Å². The Morgan fingerprint density at radius 3 is 2.37 bits per heavy atom. The molecule has 0 radical (unpaired) electrons. The Hall–Kier alpha value is -2.58. The van der Waals surface area contributed by atoms with Crippen LogP contribution in [0.3, 0.4) is 0 Å². The smallest absolute Gasteiger partial charge is 0.311 e. The third-order valence-corrected chi connectivity index (χ3v) is 12.2. The van der Waals surface area contributed by atoms with Crippen LogP contribution in [0.25, 0.3) is 21.3 Å². The molecule has 1 aromatic heterocycles. The van der Waals surface area contributed by atoms with E-state index in [9.17, 15) is 9.90 Å². The first-order valence-electron chi connectivity index (χ1n) is 13.3. The number of hydrogen-bond donors (Lipinski definition) is 1. The fourth-order valence-electron chi connectivity index (χ4n) is 4.20. The number of nitrogens with zero attached hydrogens (tertiary/aromatic N) is 4. The first-order valence-corrected chi connectivity index (χ1v) is 16.2. The molecule has 0 amide bonds. The molecule has 0 fully saturated rings. The molecule has 1 aromatic carbocycles. The number of benzene rings is 1. The molecule has 0 unspecified atom stereocenters. The maximum atomic E-state index is 12.5. The lowest BCUT2D eigenvalue weighted by Gasteiger charge is -2.38. The Labute approximate surface area is 228 Å². The Morgan fingerprint density at radius 2 is 1.82 bits per heavy atom. The summed E-state index contributed by atoms with van der Waals surface area (Å²) >= 11 is 0. The van der Waals surface area contributed by atoms with Crippen molar-refractivity contribution in [2.75, 3.05) is 13.2 Å². The van der Waals surface area contributed by atoms with E-state index in [1.807, 2.05) is 47.9 Å². The van der Waals surface area contributed by atoms with Gasteiger partial charge in [0.2, 0.25) is 0 Å². The highest BCUT2D eigenvalue weighted by molar-refractivity contribution is 6.74. The summed E-state index contributed by atoms with van der Waals surface area (Å²) in [5, 5.41) is 17.0. The lowest BCUT2D eigenvalue weighted by Crippen LogP contribution is -2.42. The topological polar surface area (TPSA) is 109 Å². The van der Waals surface area contributed by atoms with Crippen LogP contribution in [-0.2, 0) is 26.3 Å². The molecule has 0 spiro atoms. The molecule has 38 heavy (non-hydrogen) atoms. The van der Waals surface area contributed by atoms with Crippen LogP contribution in [0, 0.1) is 11.3 Å². The van der Waals surface area contributed by atoms with Gasteiger partial charge in [-0.05, 0) is 82.4 Å². The van der Waals surface area contributed by atoms with E-state index >= 15 is 0 Å². The van der Waals surface area contributed by atoms with Crippen molar-refractivity contribution < 1.29 is 19.1 Å². The second kappa shape index (κ2) is 12.1. The van der Waals surface area contributed by atoms with Gasteiger partial charge in [0.05, 0.1) is 16.6 Å². The number of para-hydroxylation sites is 1. The Morgan fingerprint density at radius 1 is 1.18 bits per heavy atom. The van der Waals surface area contributed by atoms with Crippen LogP contribution in [0.4, 0.5) is 0 Å². The molecule has 0 saturated heterocycles. The number of allylic oxidation sites excluding steroid dienone is 1. The van der Waals surface area contributed by atoms with Gasteiger partial charge in [-0.2, -0.15) is 0 Å². The molecule has 0 bridgehead atoms. The van der Waals surface area contributed by atoms with Crippen LogP contribution in [0.5, 0.6) is 0 Å². The maximum absolute atomic E-state index is 12.5. The summed E-state index contributed by atoms with van der Waals surface area (Å²) in [5.74, 6) is -0.788. The van der Waals surface area contributed by atoms with E-state index in [0.717, 1.165) is 16.5 Å². The van der Waals surface area contributed by atoms with Crippen molar-refractivity contribution in [2.24, 2.45) is 16.4 Å². The Balaban J connectivity index is 2.58. The number of fused-ring (bicyclic) bond motifs is 1. The van der Waals surface area contributed by atoms with E-state index in [1.54, 1.807) is 27.7 Å². The van der Waals surface area contributed by atoms with E-state index in [1.165, 1.54) is 0 Å². The van der Waals surface area contributed by atoms with Gasteiger partial charge in [0, 0.05) is 22.8 Å². The van der Waals surface area contributed by atoms with E-state index in [-0.39, 0.29) is 24.2 Å². The summed E-state index contributed by atoms with van der Waals surface area (Å²) in [4.78, 5) is 15.4. The second-order valence-corrected chi connectivity index (χ2v) is 17.5. The van der Waals surface area contributed by atoms with Crippen LogP contribution >= 0.6 is 0 Å². The first kappa shape index (κ1) is 31.6. The number of aliphatic hydroxyl groups is 1. The van der Waals surface area contributed by atoms with Crippen molar-refractivity contribution in [1.82, 2.24) is 4.57 Å². The minimum atomic E-state index is -2.08. The number of aromatic nitrogens is 1. The molecule has 0 aliphatic rings. The summed E-state index contributed by atoms with van der Waals surface area (Å²) in [6.45, 7) is 20.6. The molecule has 210 valence electrons. The molecule has 2 aromatic rings. The lowest BCUT2D eigenvalue weighted by molar-refractivity contribution is -0.152. The third kappa shape index (κ3) is 7.29. The number of ether oxygens (including phenoxy) is 1. The molecule has 2 atom stereocenters. The monoisotopic (exact) mass is 542 g/mol. The Bertz CT molecular complexity index is 1200. The van der Waals surface area contributed by atoms with Crippen molar-refractivity contribution in [3.8, 4) is 0 Å². The molecule has 8 nitrogen and oxygen atoms in total. The van der Waals surface area contributed by atoms with Crippen molar-refractivity contribution >= 4 is 25.2 Å². The quantitative estimate of drug-likeness (QED) is 0.0784. The fraction of sp³-hybridized carbons (Fsp3) is 0.621. The van der Waals surface area contributed by atoms with Gasteiger partial charge >= 0.3 is 5.97 Å². The van der Waals surface area contributed by atoms with Gasteiger partial charge in [0.25, 0.3) is 0 Å². The van der Waals surface area contributed by atoms with Crippen molar-refractivity contribution in [3.05, 3.63) is 58.1 Å². The van der Waals surface area contributed by atoms with Crippen LogP contribution in [-0.4, -0.2) is 37.1 Å². The van der Waals surface area contributed by atoms with Crippen molar-refractivity contribution in [3.63, 3.8) is 0 Å². The zero-order valence-electron chi connectivity index (χ0n) is 24.8. The summed E-state index contributed by atoms with van der Waals surface area (Å²) in [6, 6.07) is 10.0. The van der Waals surface area contributed by atoms with E-state index < -0.39 is 25.3 Å². The van der Waals surface area contributed by atoms with Crippen LogP contribution in [0.2, 0.25) is 18.1 Å². The summed E-state index contributed by atoms with van der Waals surface area (Å²) in [5.41, 5.74) is 9.32. The predicted molar refractivity (Wildman–Crippen MR) is 156 cm³/mol. The highest BCUT2D eigenvalue weighted by Gasteiger charge is 2.41. The number of carbonyl (C=O) groups is 1. The molecule has 2 rings (SSSR count). The van der Waals surface area contributed by atoms with Crippen LogP contribution in [0.15, 0.2) is 47.1 Å². The molecule has 0 saturated carbocycles. The molecule has 9 heteroatoms. The maximum Gasteiger partial charge on any atom is 0.311 e. The van der Waals surface area contributed by atoms with Gasteiger partial charge in [-0.15, -0.1) is 0 Å². The highest BCUT2D eigenvalue weighted by Crippen LogP contribution is 2.41. The van der Waals surface area contributed by atoms with Gasteiger partial charge in [-0.3, -0.25) is 4.79 Å². The second-order valence-electron chi connectivity index (χ2n) is 12.7. The summed E-state index contributed by atoms with van der Waals surface area (Å²) < 4.78 is 14.3. The molecule has 1 heterocycles. The number of rotatable bonds is 11. The molecule has 1 N–H and O–H groups in total. The molecule has 0 aliphatic carbocycles. The highest BCUT2D eigenvalue weighted by atomic mass is 28.4. The van der Waals surface area contributed by atoms with Crippen LogP contribution in [0.1, 0.15) is 67.5 Å². The minimum absolute atomic E-state index is 0.0333. The van der Waals surface area contributed by atoms with Crippen LogP contribution < -0.4 is 0 Å². The largest absolute Gasteiger partial charge is 0.461 e. The molecular formula is C29H46N4O4Si. The molecular weight excluding hydrogens is 496 g/mol. The zero-order chi connectivity index (χ0) is 28.9. The third-order valence-electron chi connectivity index (χ3n) is 7.75. The standard InChI is InChI=1S/C29H46N4O4Si/c1-11-21(19-36-26(34)27(2,3)4)23(16-17-31-32-30)29(8,35)25-18-22-14-12-13-15-24(22)33(25)20-37-38(9,10)28(5,6)7/h11-15,18,23,35H,16-17,19-20H2,1-10H3/b21-11+/t23-,29+/m1/s1. The molecule has 0 aliphatic heterocycles. The number of carbonyl (C=O) groups excluding carboxylic acids is 1. The van der Waals surface area contributed by atoms with Gasteiger partial charge in [-0.1, -0.05) is 50.2 Å². The van der Waals surface area contributed by atoms with E-state index in [4.69, 9.17) is 14.7 Å². The number of azide groups is 1.